The van der Waals surface area contributed by atoms with E-state index >= 15 is 0 Å². The molecule has 26 heavy (non-hydrogen) atoms. The van der Waals surface area contributed by atoms with E-state index in [0.29, 0.717) is 11.6 Å². The van der Waals surface area contributed by atoms with Crippen LogP contribution < -0.4 is 16.0 Å². The average Bonchev–Trinajstić information content (AvgIpc) is 2.64. The van der Waals surface area contributed by atoms with Gasteiger partial charge >= 0.3 is 0 Å². The van der Waals surface area contributed by atoms with Crippen molar-refractivity contribution in [2.75, 3.05) is 20.6 Å². The zero-order valence-electron chi connectivity index (χ0n) is 16.6. The zero-order chi connectivity index (χ0) is 18.5. The molecule has 6 heteroatoms. The van der Waals surface area contributed by atoms with E-state index in [4.69, 9.17) is 0 Å². The maximum Gasteiger partial charge on any atom is 0.251 e. The van der Waals surface area contributed by atoms with E-state index in [1.54, 1.807) is 14.1 Å². The zero-order valence-corrected chi connectivity index (χ0v) is 18.9. The number of guanidine groups is 1. The minimum absolute atomic E-state index is 0. The van der Waals surface area contributed by atoms with Gasteiger partial charge < -0.3 is 16.0 Å². The Morgan fingerprint density at radius 2 is 2.00 bits per heavy atom. The molecular weight excluding hydrogens is 439 g/mol. The number of carbonyl (C=O) groups is 1. The number of aliphatic imine (C=N–C) groups is 1. The number of nitrogens with zero attached hydrogens (tertiary/aromatic N) is 1. The molecule has 1 amide bonds. The SMILES string of the molecule is CCCCCCC(C)NC(=NC)NCCc1cccc(C(=O)NC)c1.I. The van der Waals surface area contributed by atoms with Gasteiger partial charge in [0.05, 0.1) is 0 Å². The number of hydrogen-bond donors (Lipinski definition) is 3. The molecule has 0 saturated carbocycles. The molecule has 0 radical (unpaired) electrons. The van der Waals surface area contributed by atoms with Gasteiger partial charge in [-0.05, 0) is 37.5 Å². The first-order chi connectivity index (χ1) is 12.1. The molecule has 0 aliphatic carbocycles. The molecule has 1 rings (SSSR count). The van der Waals surface area contributed by atoms with Crippen LogP contribution in [0.25, 0.3) is 0 Å². The molecule has 1 aromatic rings. The molecule has 3 N–H and O–H groups in total. The van der Waals surface area contributed by atoms with E-state index in [9.17, 15) is 4.79 Å². The largest absolute Gasteiger partial charge is 0.356 e. The van der Waals surface area contributed by atoms with E-state index in [1.165, 1.54) is 25.7 Å². The summed E-state index contributed by atoms with van der Waals surface area (Å²) in [6.07, 6.45) is 7.15. The highest BCUT2D eigenvalue weighted by molar-refractivity contribution is 14.0. The lowest BCUT2D eigenvalue weighted by Gasteiger charge is -2.18. The van der Waals surface area contributed by atoms with Gasteiger partial charge in [-0.25, -0.2) is 0 Å². The molecule has 0 saturated heterocycles. The number of nitrogens with one attached hydrogen (secondary N) is 3. The predicted octanol–water partition coefficient (Wildman–Crippen LogP) is 3.73. The first-order valence-electron chi connectivity index (χ1n) is 9.38. The summed E-state index contributed by atoms with van der Waals surface area (Å²) in [4.78, 5) is 16.0. The lowest BCUT2D eigenvalue weighted by atomic mass is 10.1. The van der Waals surface area contributed by atoms with Crippen LogP contribution in [0.15, 0.2) is 29.3 Å². The monoisotopic (exact) mass is 474 g/mol. The summed E-state index contributed by atoms with van der Waals surface area (Å²) >= 11 is 0. The fourth-order valence-electron chi connectivity index (χ4n) is 2.72. The third kappa shape index (κ3) is 9.99. The summed E-state index contributed by atoms with van der Waals surface area (Å²) < 4.78 is 0. The van der Waals surface area contributed by atoms with Crippen LogP contribution >= 0.6 is 24.0 Å². The number of rotatable bonds is 10. The summed E-state index contributed by atoms with van der Waals surface area (Å²) in [5, 5.41) is 9.45. The molecular formula is C20H35IN4O. The van der Waals surface area contributed by atoms with Gasteiger partial charge in [0.15, 0.2) is 5.96 Å². The van der Waals surface area contributed by atoms with Gasteiger partial charge in [0.2, 0.25) is 0 Å². The molecule has 148 valence electrons. The van der Waals surface area contributed by atoms with Crippen molar-refractivity contribution in [2.24, 2.45) is 4.99 Å². The summed E-state index contributed by atoms with van der Waals surface area (Å²) in [7, 11) is 3.45. The highest BCUT2D eigenvalue weighted by Gasteiger charge is 2.06. The van der Waals surface area contributed by atoms with Crippen LogP contribution in [-0.4, -0.2) is 38.5 Å². The van der Waals surface area contributed by atoms with Crippen LogP contribution in [0.1, 0.15) is 61.9 Å². The average molecular weight is 474 g/mol. The fourth-order valence-corrected chi connectivity index (χ4v) is 2.72. The van der Waals surface area contributed by atoms with Crippen LogP contribution in [0.5, 0.6) is 0 Å². The molecule has 0 spiro atoms. The Hall–Kier alpha value is -1.31. The van der Waals surface area contributed by atoms with Crippen LogP contribution in [-0.2, 0) is 6.42 Å². The first kappa shape index (κ1) is 24.7. The Kier molecular flexibility index (Phi) is 14.1. The summed E-state index contributed by atoms with van der Waals surface area (Å²) in [5.74, 6) is 0.787. The molecule has 0 fully saturated rings. The van der Waals surface area contributed by atoms with E-state index in [2.05, 4.69) is 34.8 Å². The highest BCUT2D eigenvalue weighted by atomic mass is 127. The van der Waals surface area contributed by atoms with Gasteiger partial charge in [0, 0.05) is 32.2 Å². The quantitative estimate of drug-likeness (QED) is 0.210. The smallest absolute Gasteiger partial charge is 0.251 e. The van der Waals surface area contributed by atoms with Gasteiger partial charge in [-0.3, -0.25) is 9.79 Å². The van der Waals surface area contributed by atoms with Crippen LogP contribution in [0, 0.1) is 0 Å². The van der Waals surface area contributed by atoms with Gasteiger partial charge in [-0.1, -0.05) is 44.7 Å². The fraction of sp³-hybridized carbons (Fsp3) is 0.600. The van der Waals surface area contributed by atoms with Crippen molar-refractivity contribution in [1.82, 2.24) is 16.0 Å². The summed E-state index contributed by atoms with van der Waals surface area (Å²) in [5.41, 5.74) is 1.83. The number of halogens is 1. The predicted molar refractivity (Wildman–Crippen MR) is 122 cm³/mol. The molecule has 0 aliphatic heterocycles. The van der Waals surface area contributed by atoms with E-state index in [0.717, 1.165) is 30.9 Å². The molecule has 0 aromatic heterocycles. The van der Waals surface area contributed by atoms with Crippen molar-refractivity contribution in [3.05, 3.63) is 35.4 Å². The minimum Gasteiger partial charge on any atom is -0.356 e. The van der Waals surface area contributed by atoms with Gasteiger partial charge in [0.25, 0.3) is 5.91 Å². The van der Waals surface area contributed by atoms with E-state index < -0.39 is 0 Å². The number of benzene rings is 1. The molecule has 1 unspecified atom stereocenters. The Morgan fingerprint density at radius 1 is 1.23 bits per heavy atom. The Bertz CT molecular complexity index is 548. The minimum atomic E-state index is -0.0517. The molecule has 1 aromatic carbocycles. The van der Waals surface area contributed by atoms with Gasteiger partial charge in [-0.15, -0.1) is 24.0 Å². The number of amides is 1. The second kappa shape index (κ2) is 14.8. The molecule has 1 atom stereocenters. The topological polar surface area (TPSA) is 65.5 Å². The first-order valence-corrected chi connectivity index (χ1v) is 9.38. The number of carbonyl (C=O) groups excluding carboxylic acids is 1. The Labute approximate surface area is 175 Å². The van der Waals surface area contributed by atoms with Crippen molar-refractivity contribution in [1.29, 1.82) is 0 Å². The molecule has 0 bridgehead atoms. The van der Waals surface area contributed by atoms with Crippen molar-refractivity contribution < 1.29 is 4.79 Å². The molecule has 0 heterocycles. The lowest BCUT2D eigenvalue weighted by molar-refractivity contribution is 0.0963. The Morgan fingerprint density at radius 3 is 2.65 bits per heavy atom. The van der Waals surface area contributed by atoms with Gasteiger partial charge in [0.1, 0.15) is 0 Å². The maximum absolute atomic E-state index is 11.7. The normalized spacial score (nSPS) is 12.1. The van der Waals surface area contributed by atoms with Crippen LogP contribution in [0.2, 0.25) is 0 Å². The lowest BCUT2D eigenvalue weighted by Crippen LogP contribution is -2.42. The van der Waals surface area contributed by atoms with E-state index in [-0.39, 0.29) is 29.9 Å². The third-order valence-corrected chi connectivity index (χ3v) is 4.22. The second-order valence-corrected chi connectivity index (χ2v) is 6.42. The van der Waals surface area contributed by atoms with Crippen molar-refractivity contribution in [3.63, 3.8) is 0 Å². The van der Waals surface area contributed by atoms with Crippen LogP contribution in [0.4, 0.5) is 0 Å². The second-order valence-electron chi connectivity index (χ2n) is 6.42. The Balaban J connectivity index is 0.00000625. The van der Waals surface area contributed by atoms with Crippen LogP contribution in [0.3, 0.4) is 0 Å². The molecule has 0 aliphatic rings. The van der Waals surface area contributed by atoms with Crippen molar-refractivity contribution in [3.8, 4) is 0 Å². The molecule has 5 nitrogen and oxygen atoms in total. The maximum atomic E-state index is 11.7. The summed E-state index contributed by atoms with van der Waals surface area (Å²) in [6.45, 7) is 5.21. The van der Waals surface area contributed by atoms with Crippen molar-refractivity contribution >= 4 is 35.8 Å². The van der Waals surface area contributed by atoms with E-state index in [1.807, 2.05) is 24.3 Å². The standard InChI is InChI=1S/C20H34N4O.HI/c1-5-6-7-8-10-16(2)24-20(22-4)23-14-13-17-11-9-12-18(15-17)19(25)21-3;/h9,11-12,15-16H,5-8,10,13-14H2,1-4H3,(H,21,25)(H2,22,23,24);1H. The number of hydrogen-bond acceptors (Lipinski definition) is 2. The van der Waals surface area contributed by atoms with Crippen molar-refractivity contribution in [2.45, 2.75) is 58.4 Å². The summed E-state index contributed by atoms with van der Waals surface area (Å²) in [6, 6.07) is 8.15. The highest BCUT2D eigenvalue weighted by Crippen LogP contribution is 2.06. The van der Waals surface area contributed by atoms with Gasteiger partial charge in [-0.2, -0.15) is 0 Å². The number of unbranched alkanes of at least 4 members (excludes halogenated alkanes) is 3. The third-order valence-electron chi connectivity index (χ3n) is 4.22.